The molecule has 0 saturated carbocycles. The lowest BCUT2D eigenvalue weighted by molar-refractivity contribution is 0.367. The predicted molar refractivity (Wildman–Crippen MR) is 69.9 cm³/mol. The molecule has 0 N–H and O–H groups in total. The van der Waals surface area contributed by atoms with Gasteiger partial charge in [0.15, 0.2) is 11.5 Å². The fourth-order valence-corrected chi connectivity index (χ4v) is 2.14. The molecule has 0 aliphatic heterocycles. The van der Waals surface area contributed by atoms with E-state index < -0.39 is 0 Å². The van der Waals surface area contributed by atoms with Crippen LogP contribution in [-0.4, -0.2) is 24.7 Å². The Labute approximate surface area is 114 Å². The number of hydrogen-bond acceptors (Lipinski definition) is 5. The molecular formula is C12H12ClN5O. The first-order valence-electron chi connectivity index (χ1n) is 5.89. The number of imidazole rings is 1. The van der Waals surface area contributed by atoms with Gasteiger partial charge in [0.2, 0.25) is 5.89 Å². The molecule has 6 nitrogen and oxygen atoms in total. The number of hydrogen-bond donors (Lipinski definition) is 0. The van der Waals surface area contributed by atoms with Gasteiger partial charge in [-0.1, -0.05) is 5.16 Å². The number of halogens is 1. The van der Waals surface area contributed by atoms with Crippen molar-refractivity contribution in [3.8, 4) is 0 Å². The maximum Gasteiger partial charge on any atom is 0.246 e. The van der Waals surface area contributed by atoms with Gasteiger partial charge in [0.05, 0.1) is 5.38 Å². The van der Waals surface area contributed by atoms with Crippen LogP contribution < -0.4 is 0 Å². The third kappa shape index (κ3) is 2.19. The molecule has 3 rings (SSSR count). The lowest BCUT2D eigenvalue weighted by Gasteiger charge is -2.06. The minimum atomic E-state index is -0.224. The average Bonchev–Trinajstić information content (AvgIpc) is 2.95. The van der Waals surface area contributed by atoms with Gasteiger partial charge in [0.25, 0.3) is 0 Å². The third-order valence-corrected chi connectivity index (χ3v) is 2.95. The van der Waals surface area contributed by atoms with Crippen LogP contribution in [0.2, 0.25) is 0 Å². The molecule has 1 atom stereocenters. The molecule has 0 aliphatic rings. The number of aryl methyl sites for hydroxylation is 1. The van der Waals surface area contributed by atoms with Gasteiger partial charge >= 0.3 is 0 Å². The van der Waals surface area contributed by atoms with Gasteiger partial charge in [-0.2, -0.15) is 4.98 Å². The average molecular weight is 278 g/mol. The second kappa shape index (κ2) is 4.62. The van der Waals surface area contributed by atoms with E-state index in [2.05, 4.69) is 20.1 Å². The van der Waals surface area contributed by atoms with Gasteiger partial charge in [-0.15, -0.1) is 11.6 Å². The van der Waals surface area contributed by atoms with Crippen LogP contribution >= 0.6 is 11.6 Å². The van der Waals surface area contributed by atoms with E-state index in [1.165, 1.54) is 0 Å². The van der Waals surface area contributed by atoms with Crippen molar-refractivity contribution in [3.63, 3.8) is 0 Å². The molecule has 1 unspecified atom stereocenters. The standard InChI is InChI=1S/C12H12ClN5O/c1-7(13)11-16-9-4-3-5-14-12(9)18(11)6-10-15-8(2)17-19-10/h3-5,7H,6H2,1-2H3. The summed E-state index contributed by atoms with van der Waals surface area (Å²) in [6.07, 6.45) is 1.72. The van der Waals surface area contributed by atoms with E-state index in [4.69, 9.17) is 16.1 Å². The quantitative estimate of drug-likeness (QED) is 0.688. The van der Waals surface area contributed by atoms with Crippen molar-refractivity contribution in [2.24, 2.45) is 0 Å². The number of nitrogens with zero attached hydrogens (tertiary/aromatic N) is 5. The van der Waals surface area contributed by atoms with Crippen molar-refractivity contribution in [1.29, 1.82) is 0 Å². The van der Waals surface area contributed by atoms with E-state index in [-0.39, 0.29) is 5.38 Å². The summed E-state index contributed by atoms with van der Waals surface area (Å²) >= 11 is 6.17. The molecular weight excluding hydrogens is 266 g/mol. The molecule has 0 bridgehead atoms. The molecule has 0 amide bonds. The van der Waals surface area contributed by atoms with Crippen molar-refractivity contribution < 1.29 is 4.52 Å². The van der Waals surface area contributed by atoms with Gasteiger partial charge in [-0.25, -0.2) is 9.97 Å². The van der Waals surface area contributed by atoms with Crippen molar-refractivity contribution in [3.05, 3.63) is 35.9 Å². The fraction of sp³-hybridized carbons (Fsp3) is 0.333. The molecule has 3 aromatic heterocycles. The van der Waals surface area contributed by atoms with Crippen LogP contribution in [0, 0.1) is 6.92 Å². The van der Waals surface area contributed by atoms with Crippen LogP contribution in [0.1, 0.15) is 29.8 Å². The minimum absolute atomic E-state index is 0.224. The van der Waals surface area contributed by atoms with Crippen molar-refractivity contribution >= 4 is 22.8 Å². The maximum atomic E-state index is 6.17. The normalized spacial score (nSPS) is 13.0. The summed E-state index contributed by atoms with van der Waals surface area (Å²) in [6.45, 7) is 4.07. The molecule has 0 saturated heterocycles. The summed E-state index contributed by atoms with van der Waals surface area (Å²) in [5.74, 6) is 1.86. The maximum absolute atomic E-state index is 6.17. The zero-order chi connectivity index (χ0) is 13.4. The first kappa shape index (κ1) is 12.1. The smallest absolute Gasteiger partial charge is 0.246 e. The lowest BCUT2D eigenvalue weighted by Crippen LogP contribution is -2.06. The summed E-state index contributed by atoms with van der Waals surface area (Å²) in [5.41, 5.74) is 1.57. The highest BCUT2D eigenvalue weighted by Crippen LogP contribution is 2.23. The number of fused-ring (bicyclic) bond motifs is 1. The van der Waals surface area contributed by atoms with Crippen LogP contribution in [0.3, 0.4) is 0 Å². The van der Waals surface area contributed by atoms with Crippen LogP contribution in [0.25, 0.3) is 11.2 Å². The Morgan fingerprint density at radius 1 is 1.42 bits per heavy atom. The Kier molecular flexibility index (Phi) is 2.94. The van der Waals surface area contributed by atoms with Crippen molar-refractivity contribution in [2.45, 2.75) is 25.8 Å². The molecule has 0 aromatic carbocycles. The van der Waals surface area contributed by atoms with Gasteiger partial charge in [-0.05, 0) is 26.0 Å². The second-order valence-electron chi connectivity index (χ2n) is 4.25. The molecule has 98 valence electrons. The molecule has 0 aliphatic carbocycles. The van der Waals surface area contributed by atoms with Crippen LogP contribution in [-0.2, 0) is 6.54 Å². The number of pyridine rings is 1. The first-order valence-corrected chi connectivity index (χ1v) is 6.33. The predicted octanol–water partition coefficient (Wildman–Crippen LogP) is 2.47. The summed E-state index contributed by atoms with van der Waals surface area (Å²) in [4.78, 5) is 13.0. The third-order valence-electron chi connectivity index (χ3n) is 2.75. The largest absolute Gasteiger partial charge is 0.337 e. The number of alkyl halides is 1. The highest BCUT2D eigenvalue weighted by Gasteiger charge is 2.17. The van der Waals surface area contributed by atoms with E-state index in [0.717, 1.165) is 17.0 Å². The van der Waals surface area contributed by atoms with E-state index in [1.54, 1.807) is 13.1 Å². The lowest BCUT2D eigenvalue weighted by atomic mass is 10.4. The molecule has 19 heavy (non-hydrogen) atoms. The molecule has 3 aromatic rings. The van der Waals surface area contributed by atoms with Gasteiger partial charge in [0.1, 0.15) is 17.9 Å². The molecule has 0 radical (unpaired) electrons. The van der Waals surface area contributed by atoms with Crippen LogP contribution in [0.4, 0.5) is 0 Å². The van der Waals surface area contributed by atoms with Gasteiger partial charge in [-0.3, -0.25) is 0 Å². The van der Waals surface area contributed by atoms with E-state index >= 15 is 0 Å². The van der Waals surface area contributed by atoms with Crippen LogP contribution in [0.5, 0.6) is 0 Å². The zero-order valence-electron chi connectivity index (χ0n) is 10.5. The monoisotopic (exact) mass is 277 g/mol. The second-order valence-corrected chi connectivity index (χ2v) is 4.91. The summed E-state index contributed by atoms with van der Waals surface area (Å²) in [7, 11) is 0. The summed E-state index contributed by atoms with van der Waals surface area (Å²) in [6, 6.07) is 3.75. The van der Waals surface area contributed by atoms with Crippen molar-refractivity contribution in [2.75, 3.05) is 0 Å². The van der Waals surface area contributed by atoms with Gasteiger partial charge < -0.3 is 9.09 Å². The number of rotatable bonds is 3. The van der Waals surface area contributed by atoms with Crippen LogP contribution in [0.15, 0.2) is 22.9 Å². The highest BCUT2D eigenvalue weighted by molar-refractivity contribution is 6.20. The fourth-order valence-electron chi connectivity index (χ4n) is 1.98. The Bertz CT molecular complexity index is 718. The Morgan fingerprint density at radius 2 is 2.26 bits per heavy atom. The zero-order valence-corrected chi connectivity index (χ0v) is 11.3. The minimum Gasteiger partial charge on any atom is -0.337 e. The SMILES string of the molecule is Cc1noc(Cn2c(C(C)Cl)nc3cccnc32)n1. The summed E-state index contributed by atoms with van der Waals surface area (Å²) in [5, 5.41) is 3.55. The topological polar surface area (TPSA) is 69.6 Å². The number of aromatic nitrogens is 5. The van der Waals surface area contributed by atoms with E-state index in [0.29, 0.717) is 18.3 Å². The Morgan fingerprint density at radius 3 is 2.95 bits per heavy atom. The highest BCUT2D eigenvalue weighted by atomic mass is 35.5. The summed E-state index contributed by atoms with van der Waals surface area (Å²) < 4.78 is 7.04. The molecule has 0 spiro atoms. The molecule has 0 fully saturated rings. The van der Waals surface area contributed by atoms with Gasteiger partial charge in [0, 0.05) is 6.20 Å². The van der Waals surface area contributed by atoms with E-state index in [9.17, 15) is 0 Å². The molecule has 7 heteroatoms. The Hall–Kier alpha value is -1.95. The Balaban J connectivity index is 2.12. The van der Waals surface area contributed by atoms with Crippen molar-refractivity contribution in [1.82, 2.24) is 24.7 Å². The molecule has 3 heterocycles. The van der Waals surface area contributed by atoms with E-state index in [1.807, 2.05) is 23.6 Å². The first-order chi connectivity index (χ1) is 9.15.